The van der Waals surface area contributed by atoms with Crippen LogP contribution in [0.4, 0.5) is 40.1 Å². The van der Waals surface area contributed by atoms with Gasteiger partial charge in [0.25, 0.3) is 0 Å². The quantitative estimate of drug-likeness (QED) is 0.154. The van der Waals surface area contributed by atoms with Crippen LogP contribution in [-0.2, 0) is 5.41 Å². The molecule has 0 radical (unpaired) electrons. The predicted molar refractivity (Wildman–Crippen MR) is 228 cm³/mol. The average molecular weight is 687 g/mol. The summed E-state index contributed by atoms with van der Waals surface area (Å²) < 4.78 is 0. The minimum atomic E-state index is 0.0379. The zero-order valence-corrected chi connectivity index (χ0v) is 33.8. The van der Waals surface area contributed by atoms with E-state index in [4.69, 9.17) is 4.98 Å². The van der Waals surface area contributed by atoms with Gasteiger partial charge in [-0.1, -0.05) is 162 Å². The van der Waals surface area contributed by atoms with Crippen molar-refractivity contribution >= 4 is 40.1 Å². The average Bonchev–Trinajstić information content (AvgIpc) is 3.49. The number of pyridine rings is 1. The fourth-order valence-electron chi connectivity index (χ4n) is 6.49. The molecule has 0 bridgehead atoms. The first-order valence-corrected chi connectivity index (χ1v) is 19.6. The van der Waals surface area contributed by atoms with Crippen LogP contribution in [0.1, 0.15) is 114 Å². The predicted octanol–water partition coefficient (Wildman–Crippen LogP) is 15.1. The van der Waals surface area contributed by atoms with Gasteiger partial charge in [-0.2, -0.15) is 0 Å². The van der Waals surface area contributed by atoms with Crippen LogP contribution in [0.25, 0.3) is 0 Å². The maximum absolute atomic E-state index is 5.50. The van der Waals surface area contributed by atoms with Crippen molar-refractivity contribution in [1.82, 2.24) is 4.98 Å². The number of nitrogens with zero attached hydrogens (tertiary/aromatic N) is 4. The molecule has 1 aromatic heterocycles. The summed E-state index contributed by atoms with van der Waals surface area (Å²) in [5.74, 6) is 1.87. The fraction of sp³-hybridized carbons (Fsp3) is 0.383. The fourth-order valence-corrected chi connectivity index (χ4v) is 6.49. The van der Waals surface area contributed by atoms with Crippen LogP contribution < -0.4 is 14.7 Å². The molecule has 0 saturated carbocycles. The molecule has 0 N–H and O–H groups in total. The van der Waals surface area contributed by atoms with Crippen molar-refractivity contribution in [3.8, 4) is 0 Å². The molecule has 2 unspecified atom stereocenters. The van der Waals surface area contributed by atoms with Crippen molar-refractivity contribution in [2.24, 2.45) is 0 Å². The third kappa shape index (κ3) is 10.0. The molecule has 0 saturated heterocycles. The van der Waals surface area contributed by atoms with Gasteiger partial charge >= 0.3 is 0 Å². The summed E-state index contributed by atoms with van der Waals surface area (Å²) in [5, 5.41) is 0. The summed E-state index contributed by atoms with van der Waals surface area (Å²) in [6.45, 7) is 25.6. The zero-order chi connectivity index (χ0) is 37.8. The van der Waals surface area contributed by atoms with Crippen molar-refractivity contribution in [3.05, 3.63) is 133 Å². The Balaban J connectivity index is 0.000000923. The summed E-state index contributed by atoms with van der Waals surface area (Å²) >= 11 is 0. The van der Waals surface area contributed by atoms with Crippen LogP contribution in [0.5, 0.6) is 0 Å². The smallest absolute Gasteiger partial charge is 0.161 e. The van der Waals surface area contributed by atoms with E-state index < -0.39 is 0 Å². The van der Waals surface area contributed by atoms with Crippen LogP contribution in [0.3, 0.4) is 0 Å². The van der Waals surface area contributed by atoms with E-state index in [1.807, 2.05) is 41.5 Å². The van der Waals surface area contributed by atoms with Crippen LogP contribution >= 0.6 is 0 Å². The molecule has 6 rings (SSSR count). The Labute approximate surface area is 312 Å². The van der Waals surface area contributed by atoms with Gasteiger partial charge in [-0.25, -0.2) is 4.98 Å². The lowest BCUT2D eigenvalue weighted by atomic mass is 9.75. The highest BCUT2D eigenvalue weighted by Gasteiger charge is 2.39. The van der Waals surface area contributed by atoms with E-state index in [-0.39, 0.29) is 11.6 Å². The number of hydrogen-bond acceptors (Lipinski definition) is 4. The van der Waals surface area contributed by atoms with Crippen LogP contribution in [0.15, 0.2) is 127 Å². The zero-order valence-electron chi connectivity index (χ0n) is 33.8. The van der Waals surface area contributed by atoms with Crippen LogP contribution in [-0.4, -0.2) is 11.1 Å². The second-order valence-electron chi connectivity index (χ2n) is 12.1. The van der Waals surface area contributed by atoms with E-state index in [0.717, 1.165) is 53.6 Å². The number of anilines is 7. The minimum absolute atomic E-state index is 0.0379. The van der Waals surface area contributed by atoms with Gasteiger partial charge in [0.1, 0.15) is 12.0 Å². The molecule has 2 atom stereocenters. The normalized spacial score (nSPS) is 13.7. The van der Waals surface area contributed by atoms with Gasteiger partial charge < -0.3 is 9.80 Å². The molecule has 4 nitrogen and oxygen atoms in total. The number of para-hydroxylation sites is 4. The molecule has 274 valence electrons. The van der Waals surface area contributed by atoms with Crippen molar-refractivity contribution in [2.45, 2.75) is 120 Å². The summed E-state index contributed by atoms with van der Waals surface area (Å²) in [5.41, 5.74) is 7.13. The first kappa shape index (κ1) is 42.6. The molecular weight excluding hydrogens is 621 g/mol. The highest BCUT2D eigenvalue weighted by molar-refractivity contribution is 5.89. The molecule has 4 heteroatoms. The molecule has 0 amide bonds. The summed E-state index contributed by atoms with van der Waals surface area (Å²) in [6.07, 6.45) is 4.66. The number of rotatable bonds is 9. The van der Waals surface area contributed by atoms with Gasteiger partial charge in [-0.15, -0.1) is 0 Å². The Bertz CT molecular complexity index is 1600. The topological polar surface area (TPSA) is 22.6 Å². The molecule has 0 aliphatic carbocycles. The summed E-state index contributed by atoms with van der Waals surface area (Å²) in [4.78, 5) is 12.6. The Hall–Kier alpha value is -4.57. The van der Waals surface area contributed by atoms with Gasteiger partial charge in [-0.05, 0) is 85.3 Å². The van der Waals surface area contributed by atoms with Crippen LogP contribution in [0, 0.1) is 0 Å². The lowest BCUT2D eigenvalue weighted by Crippen LogP contribution is -2.37. The first-order chi connectivity index (χ1) is 25.0. The van der Waals surface area contributed by atoms with Crippen molar-refractivity contribution in [2.75, 3.05) is 14.7 Å². The van der Waals surface area contributed by atoms with Crippen LogP contribution in [0.2, 0.25) is 0 Å². The SMILES string of the molecule is CC.CC.CC.CCC.CCCC(C)(CC)c1ccccc1N1c2nc(N(c3ccccc3)c3ccccc3)ccc2N(c2ccccc2)C1C. The third-order valence-corrected chi connectivity index (χ3v) is 8.76. The maximum atomic E-state index is 5.50. The Morgan fingerprint density at radius 1 is 0.588 bits per heavy atom. The van der Waals surface area contributed by atoms with E-state index in [2.05, 4.69) is 184 Å². The van der Waals surface area contributed by atoms with E-state index >= 15 is 0 Å². The second-order valence-corrected chi connectivity index (χ2v) is 12.1. The highest BCUT2D eigenvalue weighted by Crippen LogP contribution is 2.51. The van der Waals surface area contributed by atoms with Gasteiger partial charge in [0.2, 0.25) is 0 Å². The van der Waals surface area contributed by atoms with Gasteiger partial charge in [-0.3, -0.25) is 4.90 Å². The van der Waals surface area contributed by atoms with E-state index in [0.29, 0.717) is 0 Å². The lowest BCUT2D eigenvalue weighted by molar-refractivity contribution is 0.414. The van der Waals surface area contributed by atoms with Gasteiger partial charge in [0.05, 0.1) is 5.69 Å². The van der Waals surface area contributed by atoms with Crippen molar-refractivity contribution < 1.29 is 0 Å². The van der Waals surface area contributed by atoms with E-state index in [1.54, 1.807) is 0 Å². The van der Waals surface area contributed by atoms with Gasteiger partial charge in [0, 0.05) is 22.7 Å². The van der Waals surface area contributed by atoms with Crippen molar-refractivity contribution in [1.29, 1.82) is 0 Å². The highest BCUT2D eigenvalue weighted by atomic mass is 15.4. The number of aromatic nitrogens is 1. The third-order valence-electron chi connectivity index (χ3n) is 8.76. The lowest BCUT2D eigenvalue weighted by Gasteiger charge is -2.36. The molecule has 1 aliphatic heterocycles. The summed E-state index contributed by atoms with van der Waals surface area (Å²) in [7, 11) is 0. The van der Waals surface area contributed by atoms with E-state index in [9.17, 15) is 0 Å². The molecule has 0 fully saturated rings. The molecule has 51 heavy (non-hydrogen) atoms. The molecule has 0 spiro atoms. The monoisotopic (exact) mass is 687 g/mol. The standard InChI is InChI=1S/C38H40N4.C3H8.3C2H6/c1-5-28-38(4,6-2)33-24-16-17-25-34(33)41-29(3)40(30-18-10-7-11-19-30)35-26-27-36(39-37(35)41)42(31-20-12-8-13-21-31)32-22-14-9-15-23-32;1-3-2;3*1-2/h7-27,29H,5-6,28H2,1-4H3;3H2,1-2H3;3*1-2H3. The molecule has 2 heterocycles. The molecular formula is C47H66N4. The Kier molecular flexibility index (Phi) is 18.6. The van der Waals surface area contributed by atoms with Crippen molar-refractivity contribution in [3.63, 3.8) is 0 Å². The number of hydrogen-bond donors (Lipinski definition) is 0. The second kappa shape index (κ2) is 22.3. The molecule has 1 aliphatic rings. The number of benzene rings is 4. The van der Waals surface area contributed by atoms with E-state index in [1.165, 1.54) is 17.7 Å². The summed E-state index contributed by atoms with van der Waals surface area (Å²) in [6, 6.07) is 45.1. The minimum Gasteiger partial charge on any atom is -0.317 e. The largest absolute Gasteiger partial charge is 0.317 e. The maximum Gasteiger partial charge on any atom is 0.161 e. The molecule has 4 aromatic carbocycles. The van der Waals surface area contributed by atoms with Gasteiger partial charge in [0.15, 0.2) is 5.82 Å². The molecule has 5 aromatic rings. The Morgan fingerprint density at radius 3 is 1.55 bits per heavy atom. The first-order valence-electron chi connectivity index (χ1n) is 19.6. The Morgan fingerprint density at radius 2 is 1.06 bits per heavy atom. The number of fused-ring (bicyclic) bond motifs is 1.